The van der Waals surface area contributed by atoms with E-state index in [4.69, 9.17) is 14.2 Å². The van der Waals surface area contributed by atoms with Crippen LogP contribution < -0.4 is 0 Å². The number of ether oxygens (including phenoxy) is 3. The molecular formula is C19H27NO4. The van der Waals surface area contributed by atoms with E-state index >= 15 is 0 Å². The van der Waals surface area contributed by atoms with Gasteiger partial charge < -0.3 is 19.3 Å². The van der Waals surface area contributed by atoms with Gasteiger partial charge in [-0.25, -0.2) is 0 Å². The van der Waals surface area contributed by atoms with Crippen molar-refractivity contribution in [2.45, 2.75) is 37.6 Å². The van der Waals surface area contributed by atoms with Crippen molar-refractivity contribution in [2.75, 3.05) is 39.5 Å². The summed E-state index contributed by atoms with van der Waals surface area (Å²) >= 11 is 0. The minimum absolute atomic E-state index is 0.0577. The van der Waals surface area contributed by atoms with E-state index in [1.54, 1.807) is 6.07 Å². The second-order valence-corrected chi connectivity index (χ2v) is 7.26. The predicted octanol–water partition coefficient (Wildman–Crippen LogP) is 2.70. The van der Waals surface area contributed by atoms with Gasteiger partial charge in [0.2, 0.25) is 0 Å². The number of benzene rings is 1. The van der Waals surface area contributed by atoms with Gasteiger partial charge in [0.15, 0.2) is 5.79 Å². The Hall–Kier alpha value is -1.14. The number of phenols is 1. The maximum atomic E-state index is 9.68. The van der Waals surface area contributed by atoms with Crippen LogP contribution in [-0.4, -0.2) is 55.2 Å². The Kier molecular flexibility index (Phi) is 4.77. The van der Waals surface area contributed by atoms with Gasteiger partial charge in [0, 0.05) is 32.5 Å². The van der Waals surface area contributed by atoms with Crippen molar-refractivity contribution in [1.82, 2.24) is 4.90 Å². The molecule has 1 atom stereocenters. The van der Waals surface area contributed by atoms with E-state index in [2.05, 4.69) is 4.90 Å². The molecule has 1 spiro atoms. The fourth-order valence-electron chi connectivity index (χ4n) is 4.25. The van der Waals surface area contributed by atoms with Gasteiger partial charge >= 0.3 is 0 Å². The van der Waals surface area contributed by atoms with Crippen molar-refractivity contribution in [2.24, 2.45) is 5.92 Å². The van der Waals surface area contributed by atoms with Crippen molar-refractivity contribution >= 4 is 0 Å². The third kappa shape index (κ3) is 3.59. The maximum absolute atomic E-state index is 9.68. The maximum Gasteiger partial charge on any atom is 0.168 e. The Labute approximate surface area is 143 Å². The van der Waals surface area contributed by atoms with Gasteiger partial charge in [0.05, 0.1) is 25.9 Å². The van der Waals surface area contributed by atoms with Crippen LogP contribution in [0.15, 0.2) is 24.3 Å². The van der Waals surface area contributed by atoms with Crippen LogP contribution >= 0.6 is 0 Å². The van der Waals surface area contributed by atoms with Gasteiger partial charge in [0.25, 0.3) is 0 Å². The van der Waals surface area contributed by atoms with Crippen LogP contribution in [0.4, 0.5) is 0 Å². The molecule has 0 bridgehead atoms. The normalized spacial score (nSPS) is 28.4. The largest absolute Gasteiger partial charge is 0.508 e. The molecule has 5 heteroatoms. The molecule has 0 amide bonds. The number of hydrogen-bond donors (Lipinski definition) is 1. The zero-order chi connectivity index (χ0) is 16.4. The number of aromatic hydroxyl groups is 1. The SMILES string of the molecule is Oc1cccc(C2CN(CC3CCC4(CC3)OCCO4)CCO2)c1. The first kappa shape index (κ1) is 16.3. The third-order valence-electron chi connectivity index (χ3n) is 5.59. The highest BCUT2D eigenvalue weighted by Gasteiger charge is 2.40. The summed E-state index contributed by atoms with van der Waals surface area (Å²) in [5.74, 6) is 0.764. The molecule has 1 aromatic rings. The number of hydrogen-bond acceptors (Lipinski definition) is 5. The topological polar surface area (TPSA) is 51.2 Å². The number of rotatable bonds is 3. The van der Waals surface area contributed by atoms with Gasteiger partial charge in [0.1, 0.15) is 5.75 Å². The van der Waals surface area contributed by atoms with E-state index in [0.29, 0.717) is 11.7 Å². The fourth-order valence-corrected chi connectivity index (χ4v) is 4.25. The van der Waals surface area contributed by atoms with E-state index in [9.17, 15) is 5.11 Å². The summed E-state index contributed by atoms with van der Waals surface area (Å²) in [6, 6.07) is 7.44. The molecule has 0 radical (unpaired) electrons. The average Bonchev–Trinajstić information content (AvgIpc) is 3.06. The Bertz CT molecular complexity index is 548. The minimum atomic E-state index is -0.258. The van der Waals surface area contributed by atoms with Gasteiger partial charge in [-0.2, -0.15) is 0 Å². The monoisotopic (exact) mass is 333 g/mol. The lowest BCUT2D eigenvalue weighted by atomic mass is 9.84. The summed E-state index contributed by atoms with van der Waals surface area (Å²) in [6.45, 7) is 5.26. The minimum Gasteiger partial charge on any atom is -0.508 e. The molecule has 132 valence electrons. The standard InChI is InChI=1S/C19H27NO4/c21-17-3-1-2-16(12-17)18-14-20(8-9-22-18)13-15-4-6-19(7-5-15)23-10-11-24-19/h1-3,12,15,18,21H,4-11,13-14H2. The molecule has 0 aromatic heterocycles. The molecule has 1 unspecified atom stereocenters. The summed E-state index contributed by atoms with van der Waals surface area (Å²) in [4.78, 5) is 2.51. The van der Waals surface area contributed by atoms with Crippen molar-refractivity contribution in [3.63, 3.8) is 0 Å². The molecule has 3 aliphatic rings. The zero-order valence-electron chi connectivity index (χ0n) is 14.2. The van der Waals surface area contributed by atoms with Crippen LogP contribution in [0.3, 0.4) is 0 Å². The van der Waals surface area contributed by atoms with Crippen LogP contribution in [0, 0.1) is 5.92 Å². The summed E-state index contributed by atoms with van der Waals surface area (Å²) in [5, 5.41) is 9.68. The van der Waals surface area contributed by atoms with Crippen LogP contribution in [0.2, 0.25) is 0 Å². The molecule has 24 heavy (non-hydrogen) atoms. The molecule has 1 N–H and O–H groups in total. The second-order valence-electron chi connectivity index (χ2n) is 7.26. The van der Waals surface area contributed by atoms with E-state index < -0.39 is 0 Å². The summed E-state index contributed by atoms with van der Waals surface area (Å²) in [6.07, 6.45) is 4.46. The van der Waals surface area contributed by atoms with Crippen LogP contribution in [-0.2, 0) is 14.2 Å². The lowest BCUT2D eigenvalue weighted by molar-refractivity contribution is -0.183. The lowest BCUT2D eigenvalue weighted by Gasteiger charge is -2.39. The lowest BCUT2D eigenvalue weighted by Crippen LogP contribution is -2.43. The van der Waals surface area contributed by atoms with E-state index in [0.717, 1.165) is 57.9 Å². The molecular weight excluding hydrogens is 306 g/mol. The van der Waals surface area contributed by atoms with E-state index in [1.165, 1.54) is 12.8 Å². The summed E-state index contributed by atoms with van der Waals surface area (Å²) in [7, 11) is 0. The second kappa shape index (κ2) is 7.00. The summed E-state index contributed by atoms with van der Waals surface area (Å²) < 4.78 is 17.6. The number of morpholine rings is 1. The first-order valence-corrected chi connectivity index (χ1v) is 9.13. The molecule has 1 aliphatic carbocycles. The van der Waals surface area contributed by atoms with E-state index in [-0.39, 0.29) is 11.9 Å². The van der Waals surface area contributed by atoms with Crippen LogP contribution in [0.5, 0.6) is 5.75 Å². The van der Waals surface area contributed by atoms with Crippen molar-refractivity contribution in [1.29, 1.82) is 0 Å². The quantitative estimate of drug-likeness (QED) is 0.922. The predicted molar refractivity (Wildman–Crippen MR) is 89.8 cm³/mol. The van der Waals surface area contributed by atoms with E-state index in [1.807, 2.05) is 18.2 Å². The van der Waals surface area contributed by atoms with Crippen molar-refractivity contribution < 1.29 is 19.3 Å². The smallest absolute Gasteiger partial charge is 0.168 e. The summed E-state index contributed by atoms with van der Waals surface area (Å²) in [5.41, 5.74) is 1.06. The Balaban J connectivity index is 1.31. The zero-order valence-corrected chi connectivity index (χ0v) is 14.2. The molecule has 1 saturated carbocycles. The molecule has 2 saturated heterocycles. The fraction of sp³-hybridized carbons (Fsp3) is 0.684. The van der Waals surface area contributed by atoms with Gasteiger partial charge in [-0.1, -0.05) is 12.1 Å². The molecule has 1 aromatic carbocycles. The average molecular weight is 333 g/mol. The highest BCUT2D eigenvalue weighted by atomic mass is 16.7. The molecule has 5 nitrogen and oxygen atoms in total. The first-order chi connectivity index (χ1) is 11.7. The Morgan fingerprint density at radius 1 is 1.12 bits per heavy atom. The number of nitrogens with zero attached hydrogens (tertiary/aromatic N) is 1. The highest BCUT2D eigenvalue weighted by molar-refractivity contribution is 5.29. The molecule has 4 rings (SSSR count). The molecule has 2 heterocycles. The molecule has 3 fully saturated rings. The van der Waals surface area contributed by atoms with Crippen molar-refractivity contribution in [3.8, 4) is 5.75 Å². The molecule has 2 aliphatic heterocycles. The van der Waals surface area contributed by atoms with Gasteiger partial charge in [-0.05, 0) is 36.5 Å². The van der Waals surface area contributed by atoms with Gasteiger partial charge in [-0.15, -0.1) is 0 Å². The number of phenolic OH excluding ortho intramolecular Hbond substituents is 1. The van der Waals surface area contributed by atoms with Crippen molar-refractivity contribution in [3.05, 3.63) is 29.8 Å². The van der Waals surface area contributed by atoms with Crippen LogP contribution in [0.1, 0.15) is 37.4 Å². The van der Waals surface area contributed by atoms with Crippen LogP contribution in [0.25, 0.3) is 0 Å². The third-order valence-corrected chi connectivity index (χ3v) is 5.59. The van der Waals surface area contributed by atoms with Gasteiger partial charge in [-0.3, -0.25) is 4.90 Å². The Morgan fingerprint density at radius 2 is 1.92 bits per heavy atom. The highest BCUT2D eigenvalue weighted by Crippen LogP contribution is 2.38. The Morgan fingerprint density at radius 3 is 2.67 bits per heavy atom. The first-order valence-electron chi connectivity index (χ1n) is 9.13.